The van der Waals surface area contributed by atoms with Crippen LogP contribution in [0.3, 0.4) is 0 Å². The molecule has 0 radical (unpaired) electrons. The van der Waals surface area contributed by atoms with Crippen molar-refractivity contribution < 1.29 is 14.6 Å². The number of nitrogens with zero attached hydrogens (tertiary/aromatic N) is 1. The van der Waals surface area contributed by atoms with Crippen molar-refractivity contribution in [2.75, 3.05) is 43.1 Å². The van der Waals surface area contributed by atoms with Crippen molar-refractivity contribution in [3.63, 3.8) is 0 Å². The molecule has 2 aliphatic rings. The van der Waals surface area contributed by atoms with Gasteiger partial charge in [-0.2, -0.15) is 0 Å². The number of aliphatic imine (C=N–C) groups is 1. The molecule has 0 fully saturated rings. The van der Waals surface area contributed by atoms with E-state index < -0.39 is 0 Å². The van der Waals surface area contributed by atoms with Crippen LogP contribution in [0.15, 0.2) is 89.1 Å². The average molecular weight is 500 g/mol. The van der Waals surface area contributed by atoms with Crippen LogP contribution >= 0.6 is 0 Å². The minimum Gasteiger partial charge on any atom is -0.368 e. The third-order valence-corrected chi connectivity index (χ3v) is 5.66. The zero-order valence-corrected chi connectivity index (χ0v) is 20.8. The second-order valence-electron chi connectivity index (χ2n) is 8.26. The Morgan fingerprint density at radius 2 is 1.65 bits per heavy atom. The van der Waals surface area contributed by atoms with Gasteiger partial charge in [-0.1, -0.05) is 24.3 Å². The van der Waals surface area contributed by atoms with E-state index >= 15 is 0 Å². The fraction of sp³-hybridized carbons (Fsp3) is 0.185. The second-order valence-corrected chi connectivity index (χ2v) is 8.26. The molecular weight excluding hydrogens is 468 g/mol. The molecule has 1 aliphatic carbocycles. The van der Waals surface area contributed by atoms with Crippen molar-refractivity contribution in [3.8, 4) is 0 Å². The molecule has 0 aromatic heterocycles. The van der Waals surface area contributed by atoms with Crippen LogP contribution in [0.25, 0.3) is 0 Å². The molecule has 0 spiro atoms. The van der Waals surface area contributed by atoms with Crippen LogP contribution in [0.1, 0.15) is 12.0 Å². The molecule has 190 valence electrons. The van der Waals surface area contributed by atoms with Gasteiger partial charge in [0.1, 0.15) is 5.84 Å². The molecule has 10 heteroatoms. The number of allylic oxidation sites excluding steroid dienone is 4. The van der Waals surface area contributed by atoms with Crippen LogP contribution in [0.5, 0.6) is 0 Å². The third kappa shape index (κ3) is 7.07. The van der Waals surface area contributed by atoms with E-state index in [9.17, 15) is 9.59 Å². The molecule has 37 heavy (non-hydrogen) atoms. The Morgan fingerprint density at radius 1 is 0.946 bits per heavy atom. The molecule has 0 saturated carbocycles. The standard InChI is InChI=1S/C27H30N8O2/c1-28-24(29-2)19-10-13-21(14-11-19)33-27(37)35-23-8-4-7-22(17-23)34-26(36)32-20-6-3-5-18(9-12-20)25-30-15-16-31-25/h3-8,10-14,17H,9,15-16H2,1-2H3,(H,28,29)(H,30,31)(H2,32,34,36)(H2,33,35,37)/p+1. The maximum Gasteiger partial charge on any atom is 0.323 e. The van der Waals surface area contributed by atoms with Crippen LogP contribution in [0.4, 0.5) is 26.7 Å². The zero-order chi connectivity index (χ0) is 26.0. The lowest BCUT2D eigenvalue weighted by atomic mass is 10.1. The van der Waals surface area contributed by atoms with Crippen LogP contribution in [0.2, 0.25) is 0 Å². The predicted molar refractivity (Wildman–Crippen MR) is 148 cm³/mol. The summed E-state index contributed by atoms with van der Waals surface area (Å²) in [4.78, 5) is 32.6. The third-order valence-electron chi connectivity index (χ3n) is 5.66. The van der Waals surface area contributed by atoms with Crippen LogP contribution in [-0.4, -0.2) is 50.9 Å². The van der Waals surface area contributed by atoms with Crippen LogP contribution in [-0.2, 0) is 0 Å². The number of carbonyl (C=O) groups excluding carboxylic acids is 2. The Kier molecular flexibility index (Phi) is 8.33. The number of hydrogen-bond donors (Lipinski definition) is 7. The lowest BCUT2D eigenvalue weighted by Gasteiger charge is -2.11. The molecule has 2 aromatic rings. The monoisotopic (exact) mass is 499 g/mol. The summed E-state index contributed by atoms with van der Waals surface area (Å²) >= 11 is 0. The molecule has 0 saturated heterocycles. The predicted octanol–water partition coefficient (Wildman–Crippen LogP) is 1.90. The molecule has 10 nitrogen and oxygen atoms in total. The Balaban J connectivity index is 1.29. The summed E-state index contributed by atoms with van der Waals surface area (Å²) in [7, 11) is 3.67. The number of amides is 4. The van der Waals surface area contributed by atoms with Gasteiger partial charge in [0.25, 0.3) is 5.84 Å². The smallest absolute Gasteiger partial charge is 0.323 e. The van der Waals surface area contributed by atoms with Crippen LogP contribution in [0, 0.1) is 0 Å². The molecule has 1 heterocycles. The van der Waals surface area contributed by atoms with E-state index in [-0.39, 0.29) is 12.1 Å². The molecule has 0 unspecified atom stereocenters. The van der Waals surface area contributed by atoms with E-state index in [1.54, 1.807) is 24.3 Å². The second kappa shape index (κ2) is 12.2. The average Bonchev–Trinajstić information content (AvgIpc) is 3.33. The molecule has 1 aliphatic heterocycles. The quantitative estimate of drug-likeness (QED) is 0.242. The van der Waals surface area contributed by atoms with Gasteiger partial charge >= 0.3 is 12.1 Å². The molecule has 0 bridgehead atoms. The van der Waals surface area contributed by atoms with E-state index in [1.807, 2.05) is 62.7 Å². The first-order chi connectivity index (χ1) is 18.0. The number of anilines is 3. The molecule has 7 N–H and O–H groups in total. The number of carbonyl (C=O) groups is 2. The first-order valence-corrected chi connectivity index (χ1v) is 12.0. The van der Waals surface area contributed by atoms with Gasteiger partial charge in [0, 0.05) is 29.3 Å². The molecule has 2 aromatic carbocycles. The first-order valence-electron chi connectivity index (χ1n) is 12.0. The topological polar surface area (TPSA) is 133 Å². The fourth-order valence-electron chi connectivity index (χ4n) is 3.90. The van der Waals surface area contributed by atoms with E-state index in [0.29, 0.717) is 29.2 Å². The van der Waals surface area contributed by atoms with Crippen molar-refractivity contribution in [3.05, 3.63) is 89.7 Å². The highest BCUT2D eigenvalue weighted by molar-refractivity contribution is 6.01. The van der Waals surface area contributed by atoms with Crippen molar-refractivity contribution in [2.45, 2.75) is 6.42 Å². The minimum atomic E-state index is -0.390. The summed E-state index contributed by atoms with van der Waals surface area (Å²) in [5.74, 6) is 1.79. The Hall–Kier alpha value is -4.86. The van der Waals surface area contributed by atoms with Gasteiger partial charge in [-0.15, -0.1) is 0 Å². The van der Waals surface area contributed by atoms with E-state index in [4.69, 9.17) is 0 Å². The Bertz CT molecular complexity index is 1310. The van der Waals surface area contributed by atoms with Crippen molar-refractivity contribution in [1.29, 1.82) is 0 Å². The van der Waals surface area contributed by atoms with Gasteiger partial charge < -0.3 is 26.6 Å². The normalized spacial score (nSPS) is 14.9. The SMILES string of the molecule is CNC(=[NH+]C)c1ccc(NC(=O)Nc2cccc(NC(=O)NC3=CCC(C4=NCCN4)=CC=C3)c2)cc1. The molecular formula is C27H31N8O2+. The first kappa shape index (κ1) is 25.2. The summed E-state index contributed by atoms with van der Waals surface area (Å²) in [6.45, 7) is 1.63. The number of amidine groups is 2. The van der Waals surface area contributed by atoms with E-state index in [1.165, 1.54) is 0 Å². The summed E-state index contributed by atoms with van der Waals surface area (Å²) < 4.78 is 0. The number of hydrogen-bond acceptors (Lipinski definition) is 4. The lowest BCUT2D eigenvalue weighted by molar-refractivity contribution is -0.421. The maximum absolute atomic E-state index is 12.6. The Labute approximate surface area is 215 Å². The minimum absolute atomic E-state index is 0.378. The summed E-state index contributed by atoms with van der Waals surface area (Å²) in [5, 5.41) is 17.6. The number of urea groups is 2. The zero-order valence-electron chi connectivity index (χ0n) is 20.8. The Morgan fingerprint density at radius 3 is 2.30 bits per heavy atom. The van der Waals surface area contributed by atoms with Gasteiger partial charge in [-0.25, -0.2) is 9.59 Å². The molecule has 4 amide bonds. The summed E-state index contributed by atoms with van der Waals surface area (Å²) in [5.41, 5.74) is 4.48. The van der Waals surface area contributed by atoms with E-state index in [0.717, 1.165) is 35.9 Å². The lowest BCUT2D eigenvalue weighted by Crippen LogP contribution is -2.71. The van der Waals surface area contributed by atoms with Gasteiger partial charge in [0.15, 0.2) is 0 Å². The molecule has 0 atom stereocenters. The summed E-state index contributed by atoms with van der Waals surface area (Å²) in [6.07, 6.45) is 8.34. The number of benzene rings is 2. The highest BCUT2D eigenvalue weighted by atomic mass is 16.2. The van der Waals surface area contributed by atoms with Gasteiger partial charge in [0.2, 0.25) is 0 Å². The number of nitrogens with one attached hydrogen (secondary N) is 7. The van der Waals surface area contributed by atoms with Gasteiger partial charge in [0.05, 0.1) is 26.2 Å². The van der Waals surface area contributed by atoms with Crippen molar-refractivity contribution in [2.24, 2.45) is 4.99 Å². The fourth-order valence-corrected chi connectivity index (χ4v) is 3.90. The van der Waals surface area contributed by atoms with E-state index in [2.05, 4.69) is 41.9 Å². The van der Waals surface area contributed by atoms with Crippen LogP contribution < -0.4 is 36.9 Å². The largest absolute Gasteiger partial charge is 0.368 e. The highest BCUT2D eigenvalue weighted by Crippen LogP contribution is 2.17. The highest BCUT2D eigenvalue weighted by Gasteiger charge is 2.12. The van der Waals surface area contributed by atoms with Gasteiger partial charge in [-0.05, 0) is 60.5 Å². The summed E-state index contributed by atoms with van der Waals surface area (Å²) in [6, 6.07) is 13.6. The molecule has 4 rings (SSSR count). The number of rotatable bonds is 6. The van der Waals surface area contributed by atoms with Crippen molar-refractivity contribution >= 4 is 40.8 Å². The van der Waals surface area contributed by atoms with Gasteiger partial charge in [-0.3, -0.25) is 15.3 Å². The van der Waals surface area contributed by atoms with Crippen molar-refractivity contribution in [1.82, 2.24) is 16.0 Å². The maximum atomic E-state index is 12.6.